The highest BCUT2D eigenvalue weighted by molar-refractivity contribution is 9.10. The van der Waals surface area contributed by atoms with Crippen LogP contribution in [0.2, 0.25) is 18.1 Å². The van der Waals surface area contributed by atoms with Gasteiger partial charge in [-0.15, -0.1) is 0 Å². The molecule has 27 heavy (non-hydrogen) atoms. The second-order valence-corrected chi connectivity index (χ2v) is 14.5. The number of alkyl carbamates (subject to hydrolysis) is 1. The van der Waals surface area contributed by atoms with Crippen LogP contribution in [0.4, 0.5) is 4.79 Å². The van der Waals surface area contributed by atoms with Gasteiger partial charge in [-0.05, 0) is 72.5 Å². The van der Waals surface area contributed by atoms with Crippen molar-refractivity contribution in [2.45, 2.75) is 71.3 Å². The number of hydrogen-bond donors (Lipinski definition) is 2. The second kappa shape index (κ2) is 8.22. The van der Waals surface area contributed by atoms with Crippen LogP contribution in [0.1, 0.15) is 53.1 Å². The van der Waals surface area contributed by atoms with Crippen molar-refractivity contribution in [2.75, 3.05) is 0 Å². The predicted octanol–water partition coefficient (Wildman–Crippen LogP) is 5.48. The topological polar surface area (TPSA) is 84.9 Å². The lowest BCUT2D eigenvalue weighted by Crippen LogP contribution is -2.44. The van der Waals surface area contributed by atoms with Gasteiger partial charge in [0.2, 0.25) is 0 Å². The fourth-order valence-electron chi connectivity index (χ4n) is 1.92. The van der Waals surface area contributed by atoms with Crippen molar-refractivity contribution in [3.8, 4) is 5.75 Å². The van der Waals surface area contributed by atoms with Crippen molar-refractivity contribution >= 4 is 36.3 Å². The minimum Gasteiger partial charge on any atom is -0.543 e. The number of amides is 1. The van der Waals surface area contributed by atoms with Crippen LogP contribution < -0.4 is 9.74 Å². The molecule has 1 aromatic rings. The molecule has 1 rings (SSSR count). The van der Waals surface area contributed by atoms with Gasteiger partial charge in [0.1, 0.15) is 11.4 Å². The zero-order chi connectivity index (χ0) is 21.2. The van der Waals surface area contributed by atoms with Crippen molar-refractivity contribution in [3.63, 3.8) is 0 Å². The van der Waals surface area contributed by atoms with Crippen molar-refractivity contribution in [1.82, 2.24) is 5.32 Å². The van der Waals surface area contributed by atoms with Crippen LogP contribution in [0.15, 0.2) is 22.7 Å². The molecule has 0 fully saturated rings. The molecule has 8 heteroatoms. The normalized spacial score (nSPS) is 13.7. The molecule has 0 aliphatic rings. The van der Waals surface area contributed by atoms with Crippen LogP contribution in [-0.2, 0) is 9.53 Å². The third-order valence-electron chi connectivity index (χ3n) is 4.37. The highest BCUT2D eigenvalue weighted by atomic mass is 79.9. The number of halogens is 1. The third-order valence-corrected chi connectivity index (χ3v) is 9.33. The minimum atomic E-state index is -2.03. The molecule has 0 aliphatic carbocycles. The van der Waals surface area contributed by atoms with Gasteiger partial charge in [0.15, 0.2) is 6.04 Å². The molecule has 0 spiro atoms. The van der Waals surface area contributed by atoms with E-state index in [1.807, 2.05) is 0 Å². The van der Waals surface area contributed by atoms with E-state index < -0.39 is 32.0 Å². The summed E-state index contributed by atoms with van der Waals surface area (Å²) in [5.41, 5.74) is -0.294. The van der Waals surface area contributed by atoms with Crippen LogP contribution in [-0.4, -0.2) is 31.1 Å². The van der Waals surface area contributed by atoms with Gasteiger partial charge in [0.25, 0.3) is 8.32 Å². The van der Waals surface area contributed by atoms with E-state index in [2.05, 4.69) is 55.1 Å². The number of hydrogen-bond acceptors (Lipinski definition) is 4. The average molecular weight is 460 g/mol. The molecule has 0 heterocycles. The molecule has 6 nitrogen and oxygen atoms in total. The van der Waals surface area contributed by atoms with E-state index in [1.165, 1.54) is 0 Å². The maximum Gasteiger partial charge on any atom is 0.408 e. The molecule has 0 radical (unpaired) electrons. The van der Waals surface area contributed by atoms with Crippen molar-refractivity contribution in [3.05, 3.63) is 28.2 Å². The Labute approximate surface area is 170 Å². The van der Waals surface area contributed by atoms with Crippen LogP contribution >= 0.6 is 15.9 Å². The molecule has 0 aromatic heterocycles. The fraction of sp³-hybridized carbons (Fsp3) is 0.579. The van der Waals surface area contributed by atoms with E-state index in [-0.39, 0.29) is 5.04 Å². The average Bonchev–Trinajstić information content (AvgIpc) is 2.43. The summed E-state index contributed by atoms with van der Waals surface area (Å²) >= 11 is 3.46. The van der Waals surface area contributed by atoms with Gasteiger partial charge in [-0.1, -0.05) is 26.8 Å². The summed E-state index contributed by atoms with van der Waals surface area (Å²) < 4.78 is 12.1. The maximum atomic E-state index is 12.0. The first-order chi connectivity index (χ1) is 12.0. The molecule has 1 unspecified atom stereocenters. The summed E-state index contributed by atoms with van der Waals surface area (Å²) in [6.07, 6.45) is -0.785. The Hall–Kier alpha value is -1.54. The van der Waals surface area contributed by atoms with Crippen LogP contribution in [0, 0.1) is 0 Å². The number of benzene rings is 1. The SMILES string of the molecule is CC(C)(C)OC(=O)NC(C(=O)O)c1ccc(O[Si](C)(C)C(C)(C)C)c(Br)c1. The molecule has 1 amide bonds. The van der Waals surface area contributed by atoms with Gasteiger partial charge in [0.05, 0.1) is 4.47 Å². The van der Waals surface area contributed by atoms with Crippen LogP contribution in [0.25, 0.3) is 0 Å². The van der Waals surface area contributed by atoms with E-state index in [0.717, 1.165) is 0 Å². The number of carboxylic acids is 1. The van der Waals surface area contributed by atoms with Gasteiger partial charge < -0.3 is 19.6 Å². The lowest BCUT2D eigenvalue weighted by atomic mass is 10.1. The lowest BCUT2D eigenvalue weighted by Gasteiger charge is -2.36. The van der Waals surface area contributed by atoms with Gasteiger partial charge in [0, 0.05) is 0 Å². The molecule has 0 aliphatic heterocycles. The largest absolute Gasteiger partial charge is 0.543 e. The third kappa shape index (κ3) is 6.84. The highest BCUT2D eigenvalue weighted by Crippen LogP contribution is 2.39. The first-order valence-electron chi connectivity index (χ1n) is 8.74. The predicted molar refractivity (Wildman–Crippen MR) is 112 cm³/mol. The Morgan fingerprint density at radius 1 is 1.15 bits per heavy atom. The van der Waals surface area contributed by atoms with E-state index in [1.54, 1.807) is 39.0 Å². The summed E-state index contributed by atoms with van der Waals surface area (Å²) in [6.45, 7) is 15.9. The Kier molecular flexibility index (Phi) is 7.15. The smallest absolute Gasteiger partial charge is 0.408 e. The molecular weight excluding hydrogens is 430 g/mol. The van der Waals surface area contributed by atoms with E-state index in [4.69, 9.17) is 9.16 Å². The summed E-state index contributed by atoms with van der Waals surface area (Å²) in [4.78, 5) is 23.6. The minimum absolute atomic E-state index is 0.0347. The Bertz CT molecular complexity index is 707. The van der Waals surface area contributed by atoms with Crippen molar-refractivity contribution in [2.24, 2.45) is 0 Å². The van der Waals surface area contributed by atoms with Gasteiger partial charge in [-0.2, -0.15) is 0 Å². The first kappa shape index (κ1) is 23.5. The molecule has 1 atom stereocenters. The van der Waals surface area contributed by atoms with Gasteiger partial charge in [-0.25, -0.2) is 9.59 Å². The zero-order valence-electron chi connectivity index (χ0n) is 17.3. The molecule has 0 saturated carbocycles. The number of ether oxygens (including phenoxy) is 1. The molecule has 0 bridgehead atoms. The number of nitrogens with one attached hydrogen (secondary N) is 1. The summed E-state index contributed by atoms with van der Waals surface area (Å²) in [7, 11) is -2.03. The molecular formula is C19H30BrNO5Si. The number of aliphatic carboxylic acids is 1. The number of carbonyl (C=O) groups excluding carboxylic acids is 1. The lowest BCUT2D eigenvalue weighted by molar-refractivity contribution is -0.139. The second-order valence-electron chi connectivity index (χ2n) is 8.97. The first-order valence-corrected chi connectivity index (χ1v) is 12.4. The summed E-state index contributed by atoms with van der Waals surface area (Å²) in [5.74, 6) is -0.516. The zero-order valence-corrected chi connectivity index (χ0v) is 19.9. The van der Waals surface area contributed by atoms with Gasteiger partial charge in [-0.3, -0.25) is 0 Å². The van der Waals surface area contributed by atoms with E-state index in [0.29, 0.717) is 15.8 Å². The van der Waals surface area contributed by atoms with E-state index in [9.17, 15) is 14.7 Å². The van der Waals surface area contributed by atoms with Crippen LogP contribution in [0.5, 0.6) is 5.75 Å². The number of carboxylic acid groups (broad SMARTS) is 1. The molecule has 0 saturated heterocycles. The monoisotopic (exact) mass is 459 g/mol. The van der Waals surface area contributed by atoms with Crippen molar-refractivity contribution in [1.29, 1.82) is 0 Å². The summed E-state index contributed by atoms with van der Waals surface area (Å²) in [6, 6.07) is 3.80. The number of carbonyl (C=O) groups is 2. The Morgan fingerprint density at radius 2 is 1.70 bits per heavy atom. The Morgan fingerprint density at radius 3 is 2.11 bits per heavy atom. The fourth-order valence-corrected chi connectivity index (χ4v) is 3.58. The number of rotatable bonds is 5. The molecule has 1 aromatic carbocycles. The maximum absolute atomic E-state index is 12.0. The standard InChI is InChI=1S/C19H30BrNO5Si/c1-18(2,3)25-17(24)21-15(16(22)23)12-9-10-14(13(20)11-12)26-27(7,8)19(4,5)6/h9-11,15H,1-8H3,(H,21,24)(H,22,23). The van der Waals surface area contributed by atoms with Gasteiger partial charge >= 0.3 is 12.1 Å². The molecule has 2 N–H and O–H groups in total. The van der Waals surface area contributed by atoms with Crippen molar-refractivity contribution < 1.29 is 23.9 Å². The van der Waals surface area contributed by atoms with E-state index >= 15 is 0 Å². The van der Waals surface area contributed by atoms with Crippen LogP contribution in [0.3, 0.4) is 0 Å². The Balaban J connectivity index is 3.07. The highest BCUT2D eigenvalue weighted by Gasteiger charge is 2.39. The summed E-state index contributed by atoms with van der Waals surface area (Å²) in [5, 5.41) is 11.9. The quantitative estimate of drug-likeness (QED) is 0.568. The molecule has 152 valence electrons.